The number of aryl methyl sites for hydroxylation is 1. The summed E-state index contributed by atoms with van der Waals surface area (Å²) < 4.78 is 54.2. The van der Waals surface area contributed by atoms with Gasteiger partial charge in [-0.1, -0.05) is 60.7 Å². The van der Waals surface area contributed by atoms with Gasteiger partial charge in [0.25, 0.3) is 5.91 Å². The number of amides is 1. The van der Waals surface area contributed by atoms with Gasteiger partial charge in [-0.2, -0.15) is 13.2 Å². The van der Waals surface area contributed by atoms with E-state index in [1.54, 1.807) is 12.2 Å². The number of alkyl halides is 4. The number of nitrogens with one attached hydrogen (secondary N) is 1. The van der Waals surface area contributed by atoms with E-state index in [0.717, 1.165) is 35.1 Å². The molecule has 0 radical (unpaired) electrons. The van der Waals surface area contributed by atoms with Crippen molar-refractivity contribution in [3.8, 4) is 0 Å². The fourth-order valence-electron chi connectivity index (χ4n) is 5.64. The van der Waals surface area contributed by atoms with Crippen LogP contribution in [0.2, 0.25) is 0 Å². The van der Waals surface area contributed by atoms with Gasteiger partial charge < -0.3 is 5.32 Å². The number of piperidine rings is 1. The second-order valence-corrected chi connectivity index (χ2v) is 10.5. The van der Waals surface area contributed by atoms with E-state index >= 15 is 4.39 Å². The normalized spacial score (nSPS) is 24.9. The van der Waals surface area contributed by atoms with Crippen LogP contribution in [-0.2, 0) is 24.2 Å². The highest BCUT2D eigenvalue weighted by Gasteiger charge is 2.41. The third-order valence-electron chi connectivity index (χ3n) is 7.92. The monoisotopic (exact) mass is 512 g/mol. The molecule has 2 aromatic carbocycles. The lowest BCUT2D eigenvalue weighted by Gasteiger charge is -2.33. The average molecular weight is 513 g/mol. The molecule has 1 fully saturated rings. The molecule has 3 aliphatic rings. The zero-order valence-electron chi connectivity index (χ0n) is 20.7. The number of rotatable bonds is 5. The number of halogens is 4. The van der Waals surface area contributed by atoms with Gasteiger partial charge in [-0.3, -0.25) is 9.69 Å². The Hall–Kier alpha value is -2.93. The number of benzene rings is 2. The zero-order valence-corrected chi connectivity index (χ0v) is 20.7. The summed E-state index contributed by atoms with van der Waals surface area (Å²) in [5, 5.41) is 2.93. The minimum Gasteiger partial charge on any atom is -0.350 e. The van der Waals surface area contributed by atoms with Crippen LogP contribution in [0.4, 0.5) is 17.6 Å². The summed E-state index contributed by atoms with van der Waals surface area (Å²) in [6.45, 7) is 1.56. The molecule has 2 unspecified atom stereocenters. The zero-order chi connectivity index (χ0) is 26.0. The maximum absolute atomic E-state index is 15.5. The number of likely N-dealkylation sites (tertiary alicyclic amines) is 1. The molecule has 2 aliphatic carbocycles. The van der Waals surface area contributed by atoms with Gasteiger partial charge >= 0.3 is 6.18 Å². The second kappa shape index (κ2) is 10.4. The number of hydrogen-bond acceptors (Lipinski definition) is 2. The molecule has 196 valence electrons. The topological polar surface area (TPSA) is 32.3 Å². The van der Waals surface area contributed by atoms with Gasteiger partial charge in [0, 0.05) is 19.0 Å². The van der Waals surface area contributed by atoms with E-state index in [1.165, 1.54) is 11.6 Å². The Bertz CT molecular complexity index is 1180. The molecule has 5 rings (SSSR count). The lowest BCUT2D eigenvalue weighted by molar-refractivity contribution is -0.185. The molecule has 1 heterocycles. The van der Waals surface area contributed by atoms with E-state index in [-0.39, 0.29) is 25.3 Å². The van der Waals surface area contributed by atoms with Crippen LogP contribution >= 0.6 is 0 Å². The summed E-state index contributed by atoms with van der Waals surface area (Å²) in [4.78, 5) is 15.0. The Kier molecular flexibility index (Phi) is 7.26. The van der Waals surface area contributed by atoms with Crippen LogP contribution in [-0.4, -0.2) is 41.8 Å². The first-order chi connectivity index (χ1) is 17.7. The highest BCUT2D eigenvalue weighted by atomic mass is 19.4. The molecule has 2 aromatic rings. The summed E-state index contributed by atoms with van der Waals surface area (Å²) in [6.07, 6.45) is 3.19. The van der Waals surface area contributed by atoms with Gasteiger partial charge in [-0.25, -0.2) is 4.39 Å². The molecular formula is C30H32F4N2O. The van der Waals surface area contributed by atoms with Gasteiger partial charge in [-0.05, 0) is 79.1 Å². The first-order valence-electron chi connectivity index (χ1n) is 13.0. The molecule has 0 saturated carbocycles. The maximum atomic E-state index is 15.5. The van der Waals surface area contributed by atoms with E-state index in [9.17, 15) is 18.0 Å². The van der Waals surface area contributed by atoms with E-state index < -0.39 is 23.7 Å². The number of carbonyl (C=O) groups excluding carboxylic acids is 1. The Morgan fingerprint density at radius 2 is 1.78 bits per heavy atom. The summed E-state index contributed by atoms with van der Waals surface area (Å²) in [6, 6.07) is 15.8. The number of carbonyl (C=O) groups is 1. The van der Waals surface area contributed by atoms with Crippen LogP contribution in [0.25, 0.3) is 5.57 Å². The average Bonchev–Trinajstić information content (AvgIpc) is 2.89. The molecule has 1 amide bonds. The third kappa shape index (κ3) is 5.98. The summed E-state index contributed by atoms with van der Waals surface area (Å²) >= 11 is 0. The highest BCUT2D eigenvalue weighted by molar-refractivity contribution is 5.90. The Morgan fingerprint density at radius 3 is 2.46 bits per heavy atom. The van der Waals surface area contributed by atoms with Gasteiger partial charge in [0.15, 0.2) is 0 Å². The van der Waals surface area contributed by atoms with Crippen molar-refractivity contribution in [1.29, 1.82) is 0 Å². The molecule has 1 saturated heterocycles. The Morgan fingerprint density at radius 1 is 1.03 bits per heavy atom. The predicted molar refractivity (Wildman–Crippen MR) is 136 cm³/mol. The molecule has 3 nitrogen and oxygen atoms in total. The van der Waals surface area contributed by atoms with Crippen LogP contribution in [0.3, 0.4) is 0 Å². The van der Waals surface area contributed by atoms with Gasteiger partial charge in [0.05, 0.1) is 5.92 Å². The number of allylic oxidation sites excluding steroid dienone is 3. The van der Waals surface area contributed by atoms with Crippen molar-refractivity contribution in [2.24, 2.45) is 5.92 Å². The molecule has 1 N–H and O–H groups in total. The SMILES string of the molecule is O=C(NC1CCc2cc(CN3CCC(C(F)(F)F)CC3)ccc2C1)C1(F)C=CC(c2ccccc2)=CC1. The van der Waals surface area contributed by atoms with E-state index in [0.29, 0.717) is 26.1 Å². The lowest BCUT2D eigenvalue weighted by Crippen LogP contribution is -2.48. The van der Waals surface area contributed by atoms with Crippen molar-refractivity contribution in [2.45, 2.75) is 63.0 Å². The van der Waals surface area contributed by atoms with Crippen molar-refractivity contribution >= 4 is 11.5 Å². The third-order valence-corrected chi connectivity index (χ3v) is 7.92. The summed E-state index contributed by atoms with van der Waals surface area (Å²) in [5.74, 6) is -1.78. The standard InChI is InChI=1S/C30H32F4N2O/c31-29(14-10-23(11-15-29)22-4-2-1-3-5-22)28(37)35-27-9-8-24-18-21(6-7-25(24)19-27)20-36-16-12-26(13-17-36)30(32,33)34/h1-7,10-11,14,18,26-27H,8-9,12-13,15-17,19-20H2,(H,35,37). The lowest BCUT2D eigenvalue weighted by atomic mass is 9.85. The number of hydrogen-bond donors (Lipinski definition) is 1. The second-order valence-electron chi connectivity index (χ2n) is 10.5. The van der Waals surface area contributed by atoms with Crippen LogP contribution in [0.15, 0.2) is 66.8 Å². The van der Waals surface area contributed by atoms with Crippen LogP contribution in [0.5, 0.6) is 0 Å². The largest absolute Gasteiger partial charge is 0.391 e. The fraction of sp³-hybridized carbons (Fsp3) is 0.433. The first-order valence-corrected chi connectivity index (χ1v) is 13.0. The molecule has 2 atom stereocenters. The fourth-order valence-corrected chi connectivity index (χ4v) is 5.64. The Balaban J connectivity index is 1.14. The predicted octanol–water partition coefficient (Wildman–Crippen LogP) is 6.19. The highest BCUT2D eigenvalue weighted by Crippen LogP contribution is 2.35. The van der Waals surface area contributed by atoms with Crippen molar-refractivity contribution in [3.05, 3.63) is 89.0 Å². The number of nitrogens with zero attached hydrogens (tertiary/aromatic N) is 1. The molecule has 7 heteroatoms. The first kappa shape index (κ1) is 25.7. The van der Waals surface area contributed by atoms with Gasteiger partial charge in [-0.15, -0.1) is 0 Å². The molecule has 0 spiro atoms. The van der Waals surface area contributed by atoms with Crippen LogP contribution < -0.4 is 5.32 Å². The molecular weight excluding hydrogens is 480 g/mol. The minimum atomic E-state index is -4.10. The molecule has 37 heavy (non-hydrogen) atoms. The Labute approximate surface area is 215 Å². The van der Waals surface area contributed by atoms with Crippen LogP contribution in [0, 0.1) is 5.92 Å². The number of fused-ring (bicyclic) bond motifs is 1. The smallest absolute Gasteiger partial charge is 0.350 e. The van der Waals surface area contributed by atoms with E-state index in [2.05, 4.69) is 16.3 Å². The van der Waals surface area contributed by atoms with Crippen LogP contribution in [0.1, 0.15) is 47.9 Å². The molecule has 0 aromatic heterocycles. The van der Waals surface area contributed by atoms with Crippen molar-refractivity contribution in [2.75, 3.05) is 13.1 Å². The van der Waals surface area contributed by atoms with Crippen molar-refractivity contribution < 1.29 is 22.4 Å². The summed E-state index contributed by atoms with van der Waals surface area (Å²) in [7, 11) is 0. The van der Waals surface area contributed by atoms with E-state index in [4.69, 9.17) is 0 Å². The van der Waals surface area contributed by atoms with Gasteiger partial charge in [0.2, 0.25) is 5.67 Å². The quantitative estimate of drug-likeness (QED) is 0.485. The minimum absolute atomic E-state index is 0.00639. The van der Waals surface area contributed by atoms with Crippen molar-refractivity contribution in [3.63, 3.8) is 0 Å². The van der Waals surface area contributed by atoms with Crippen molar-refractivity contribution in [1.82, 2.24) is 10.2 Å². The molecule has 1 aliphatic heterocycles. The molecule has 0 bridgehead atoms. The maximum Gasteiger partial charge on any atom is 0.391 e. The van der Waals surface area contributed by atoms with E-state index in [1.807, 2.05) is 42.5 Å². The summed E-state index contributed by atoms with van der Waals surface area (Å²) in [5.41, 5.74) is 3.29. The van der Waals surface area contributed by atoms with Gasteiger partial charge in [0.1, 0.15) is 0 Å².